The van der Waals surface area contributed by atoms with Gasteiger partial charge in [0, 0.05) is 29.2 Å². The summed E-state index contributed by atoms with van der Waals surface area (Å²) in [5.41, 5.74) is 8.31. The standard InChI is InChI=1S/C21H17N5O4/c1-13-9-15(10-16(11-22)21(23)27)14(2)25(13)17-3-6-19(7-4-17)30-20-8-5-18(12-24-20)26(28)29/h3-10,12H,1-2H3,(H2,23,27)/b16-10+. The van der Waals surface area contributed by atoms with Gasteiger partial charge in [-0.05, 0) is 55.8 Å². The van der Waals surface area contributed by atoms with Crippen LogP contribution in [0.4, 0.5) is 5.69 Å². The number of amides is 1. The predicted octanol–water partition coefficient (Wildman–Crippen LogP) is 3.58. The highest BCUT2D eigenvalue weighted by Gasteiger charge is 2.12. The molecule has 9 heteroatoms. The Kier molecular flexibility index (Phi) is 5.60. The van der Waals surface area contributed by atoms with E-state index < -0.39 is 10.8 Å². The average molecular weight is 403 g/mol. The lowest BCUT2D eigenvalue weighted by molar-refractivity contribution is -0.385. The molecular formula is C21H17N5O4. The lowest BCUT2D eigenvalue weighted by atomic mass is 10.1. The first-order chi connectivity index (χ1) is 14.3. The number of pyridine rings is 1. The van der Waals surface area contributed by atoms with Crippen molar-refractivity contribution in [1.29, 1.82) is 5.26 Å². The second-order valence-corrected chi connectivity index (χ2v) is 6.40. The molecule has 0 aliphatic heterocycles. The van der Waals surface area contributed by atoms with E-state index in [2.05, 4.69) is 4.98 Å². The third-order valence-electron chi connectivity index (χ3n) is 4.40. The number of primary amides is 1. The number of aromatic nitrogens is 2. The summed E-state index contributed by atoms with van der Waals surface area (Å²) >= 11 is 0. The summed E-state index contributed by atoms with van der Waals surface area (Å²) in [6.07, 6.45) is 2.60. The number of ether oxygens (including phenoxy) is 1. The van der Waals surface area contributed by atoms with Crippen LogP contribution >= 0.6 is 0 Å². The Bertz CT molecular complexity index is 1190. The fourth-order valence-electron chi connectivity index (χ4n) is 2.97. The first-order valence-corrected chi connectivity index (χ1v) is 8.79. The number of hydrogen-bond acceptors (Lipinski definition) is 6. The van der Waals surface area contributed by atoms with Gasteiger partial charge in [0.1, 0.15) is 23.6 Å². The van der Waals surface area contributed by atoms with Crippen LogP contribution in [-0.2, 0) is 4.79 Å². The summed E-state index contributed by atoms with van der Waals surface area (Å²) < 4.78 is 7.59. The third-order valence-corrected chi connectivity index (χ3v) is 4.40. The minimum absolute atomic E-state index is 0.114. The van der Waals surface area contributed by atoms with E-state index in [1.54, 1.807) is 18.2 Å². The molecule has 2 N–H and O–H groups in total. The maximum atomic E-state index is 11.3. The maximum Gasteiger partial charge on any atom is 0.287 e. The molecule has 0 saturated heterocycles. The number of nitrogens with zero attached hydrogens (tertiary/aromatic N) is 4. The zero-order valence-corrected chi connectivity index (χ0v) is 16.2. The number of rotatable bonds is 6. The molecule has 2 aromatic heterocycles. The van der Waals surface area contributed by atoms with Crippen molar-refractivity contribution in [2.45, 2.75) is 13.8 Å². The first-order valence-electron chi connectivity index (χ1n) is 8.79. The van der Waals surface area contributed by atoms with Gasteiger partial charge in [0.2, 0.25) is 5.88 Å². The topological polar surface area (TPSA) is 137 Å². The van der Waals surface area contributed by atoms with E-state index in [1.165, 1.54) is 18.2 Å². The summed E-state index contributed by atoms with van der Waals surface area (Å²) in [5, 5.41) is 19.7. The molecule has 0 saturated carbocycles. The van der Waals surface area contributed by atoms with Crippen LogP contribution in [0.3, 0.4) is 0 Å². The molecule has 1 amide bonds. The monoisotopic (exact) mass is 403 g/mol. The Morgan fingerprint density at radius 2 is 1.97 bits per heavy atom. The molecule has 150 valence electrons. The first kappa shape index (κ1) is 20.3. The van der Waals surface area contributed by atoms with E-state index in [9.17, 15) is 14.9 Å². The number of nitro groups is 1. The van der Waals surface area contributed by atoms with E-state index in [0.29, 0.717) is 5.75 Å². The molecule has 0 aliphatic rings. The van der Waals surface area contributed by atoms with Crippen LogP contribution in [0.5, 0.6) is 11.6 Å². The minimum atomic E-state index is -0.774. The molecule has 0 bridgehead atoms. The Labute approximate surface area is 171 Å². The summed E-state index contributed by atoms with van der Waals surface area (Å²) in [6, 6.07) is 13.6. The van der Waals surface area contributed by atoms with Gasteiger partial charge in [-0.1, -0.05) is 0 Å². The second kappa shape index (κ2) is 8.28. The van der Waals surface area contributed by atoms with Gasteiger partial charge >= 0.3 is 0 Å². The van der Waals surface area contributed by atoms with Gasteiger partial charge in [0.05, 0.1) is 4.92 Å². The van der Waals surface area contributed by atoms with Gasteiger partial charge in [-0.3, -0.25) is 14.9 Å². The lowest BCUT2D eigenvalue weighted by Crippen LogP contribution is -2.12. The van der Waals surface area contributed by atoms with Crippen LogP contribution in [0.15, 0.2) is 54.2 Å². The van der Waals surface area contributed by atoms with Crippen molar-refractivity contribution in [3.05, 3.63) is 81.3 Å². The van der Waals surface area contributed by atoms with Crippen molar-refractivity contribution in [1.82, 2.24) is 9.55 Å². The molecular weight excluding hydrogens is 386 g/mol. The van der Waals surface area contributed by atoms with Crippen molar-refractivity contribution in [2.75, 3.05) is 0 Å². The molecule has 0 radical (unpaired) electrons. The molecule has 0 atom stereocenters. The summed E-state index contributed by atoms with van der Waals surface area (Å²) in [6.45, 7) is 3.78. The van der Waals surface area contributed by atoms with Gasteiger partial charge in [-0.2, -0.15) is 5.26 Å². The van der Waals surface area contributed by atoms with Gasteiger partial charge in [-0.15, -0.1) is 0 Å². The van der Waals surface area contributed by atoms with Crippen molar-refractivity contribution in [3.63, 3.8) is 0 Å². The summed E-state index contributed by atoms with van der Waals surface area (Å²) in [5.74, 6) is -0.0172. The molecule has 9 nitrogen and oxygen atoms in total. The molecule has 3 aromatic rings. The number of hydrogen-bond donors (Lipinski definition) is 1. The van der Waals surface area contributed by atoms with E-state index >= 15 is 0 Å². The number of carbonyl (C=O) groups is 1. The molecule has 30 heavy (non-hydrogen) atoms. The van der Waals surface area contributed by atoms with E-state index in [1.807, 2.05) is 36.6 Å². The number of carbonyl (C=O) groups excluding carboxylic acids is 1. The Hall–Kier alpha value is -4.45. The molecule has 0 spiro atoms. The van der Waals surface area contributed by atoms with E-state index in [0.717, 1.165) is 28.8 Å². The van der Waals surface area contributed by atoms with Gasteiger partial charge in [0.25, 0.3) is 11.6 Å². The minimum Gasteiger partial charge on any atom is -0.439 e. The average Bonchev–Trinajstić information content (AvgIpc) is 3.00. The number of aryl methyl sites for hydroxylation is 1. The number of benzene rings is 1. The van der Waals surface area contributed by atoms with Crippen LogP contribution in [0.1, 0.15) is 17.0 Å². The zero-order chi connectivity index (χ0) is 21.8. The van der Waals surface area contributed by atoms with Crippen molar-refractivity contribution >= 4 is 17.7 Å². The highest BCUT2D eigenvalue weighted by atomic mass is 16.6. The normalized spacial score (nSPS) is 11.0. The van der Waals surface area contributed by atoms with E-state index in [-0.39, 0.29) is 17.1 Å². The second-order valence-electron chi connectivity index (χ2n) is 6.40. The SMILES string of the molecule is Cc1cc(/C=C(\C#N)C(N)=O)c(C)n1-c1ccc(Oc2ccc([N+](=O)[O-])cn2)cc1. The Balaban J connectivity index is 1.85. The molecule has 0 fully saturated rings. The van der Waals surface area contributed by atoms with Gasteiger partial charge < -0.3 is 15.0 Å². The summed E-state index contributed by atoms with van der Waals surface area (Å²) in [7, 11) is 0. The molecule has 0 unspecified atom stereocenters. The quantitative estimate of drug-likeness (QED) is 0.289. The van der Waals surface area contributed by atoms with Crippen LogP contribution < -0.4 is 10.5 Å². The zero-order valence-electron chi connectivity index (χ0n) is 16.2. The Morgan fingerprint density at radius 3 is 2.50 bits per heavy atom. The predicted molar refractivity (Wildman–Crippen MR) is 109 cm³/mol. The molecule has 0 aliphatic carbocycles. The van der Waals surface area contributed by atoms with Crippen molar-refractivity contribution in [3.8, 4) is 23.4 Å². The molecule has 2 heterocycles. The molecule has 3 rings (SSSR count). The smallest absolute Gasteiger partial charge is 0.287 e. The van der Waals surface area contributed by atoms with Crippen LogP contribution in [0, 0.1) is 35.3 Å². The number of nitriles is 1. The van der Waals surface area contributed by atoms with Crippen LogP contribution in [0.2, 0.25) is 0 Å². The fourth-order valence-corrected chi connectivity index (χ4v) is 2.97. The molecule has 1 aromatic carbocycles. The largest absolute Gasteiger partial charge is 0.439 e. The third kappa shape index (κ3) is 4.18. The highest BCUT2D eigenvalue weighted by molar-refractivity contribution is 6.00. The number of nitrogens with two attached hydrogens (primary N) is 1. The van der Waals surface area contributed by atoms with Gasteiger partial charge in [-0.25, -0.2) is 4.98 Å². The Morgan fingerprint density at radius 1 is 1.27 bits per heavy atom. The summed E-state index contributed by atoms with van der Waals surface area (Å²) in [4.78, 5) is 25.4. The van der Waals surface area contributed by atoms with Crippen LogP contribution in [-0.4, -0.2) is 20.4 Å². The van der Waals surface area contributed by atoms with Crippen LogP contribution in [0.25, 0.3) is 11.8 Å². The van der Waals surface area contributed by atoms with Gasteiger partial charge in [0.15, 0.2) is 0 Å². The van der Waals surface area contributed by atoms with Crippen molar-refractivity contribution in [2.24, 2.45) is 5.73 Å². The fraction of sp³-hybridized carbons (Fsp3) is 0.0952. The lowest BCUT2D eigenvalue weighted by Gasteiger charge is -2.11. The van der Waals surface area contributed by atoms with E-state index in [4.69, 9.17) is 15.7 Å². The highest BCUT2D eigenvalue weighted by Crippen LogP contribution is 2.26. The maximum absolute atomic E-state index is 11.3. The van der Waals surface area contributed by atoms with Crippen molar-refractivity contribution < 1.29 is 14.5 Å².